The third-order valence-electron chi connectivity index (χ3n) is 5.97. The van der Waals surface area contributed by atoms with E-state index in [0.29, 0.717) is 33.8 Å². The van der Waals surface area contributed by atoms with Crippen LogP contribution in [0.1, 0.15) is 41.1 Å². The number of nitriles is 1. The molecule has 0 radical (unpaired) electrons. The van der Waals surface area contributed by atoms with Gasteiger partial charge in [-0.3, -0.25) is 4.68 Å². The second-order valence-electron chi connectivity index (χ2n) is 8.19. The lowest BCUT2D eigenvalue weighted by Gasteiger charge is -2.22. The van der Waals surface area contributed by atoms with Crippen molar-refractivity contribution in [1.82, 2.24) is 19.6 Å². The number of hydrazone groups is 1. The summed E-state index contributed by atoms with van der Waals surface area (Å²) in [5.74, 6) is 0.573. The topological polar surface area (TPSA) is 148 Å². The van der Waals surface area contributed by atoms with Gasteiger partial charge in [0.2, 0.25) is 0 Å². The first kappa shape index (κ1) is 21.0. The molecule has 4 heterocycles. The number of nitrogen functional groups attached to an aromatic ring is 1. The molecule has 33 heavy (non-hydrogen) atoms. The van der Waals surface area contributed by atoms with Crippen LogP contribution < -0.4 is 15.3 Å². The lowest BCUT2D eigenvalue weighted by Crippen LogP contribution is -2.32. The Balaban J connectivity index is 1.82. The molecule has 1 aromatic carbocycles. The van der Waals surface area contributed by atoms with Gasteiger partial charge in [0.15, 0.2) is 11.6 Å². The number of nitrogens with one attached hydrogen (secondary N) is 1. The molecule has 0 amide bonds. The Kier molecular flexibility index (Phi) is 4.65. The minimum absolute atomic E-state index is 0.0291. The summed E-state index contributed by atoms with van der Waals surface area (Å²) in [4.78, 5) is 6.57. The van der Waals surface area contributed by atoms with Crippen molar-refractivity contribution in [2.24, 2.45) is 12.1 Å². The van der Waals surface area contributed by atoms with E-state index < -0.39 is 21.4 Å². The van der Waals surface area contributed by atoms with Crippen LogP contribution in [0.25, 0.3) is 11.1 Å². The summed E-state index contributed by atoms with van der Waals surface area (Å²) < 4.78 is 33.6. The smallest absolute Gasteiger partial charge is 0.256 e. The number of nitrogens with zero attached hydrogens (tertiary/aromatic N) is 5. The molecule has 11 heteroatoms. The van der Waals surface area contributed by atoms with E-state index in [0.717, 1.165) is 11.1 Å². The molecule has 0 fully saturated rings. The van der Waals surface area contributed by atoms with Crippen molar-refractivity contribution in [2.75, 3.05) is 5.73 Å². The van der Waals surface area contributed by atoms with Gasteiger partial charge in [-0.1, -0.05) is 23.8 Å². The predicted molar refractivity (Wildman–Crippen MR) is 122 cm³/mol. The number of hydrogen-bond acceptors (Lipinski definition) is 8. The zero-order valence-electron chi connectivity index (χ0n) is 18.2. The number of aromatic nitrogens is 3. The van der Waals surface area contributed by atoms with Gasteiger partial charge in [-0.15, -0.1) is 0 Å². The number of sulfonamides is 1. The van der Waals surface area contributed by atoms with E-state index in [-0.39, 0.29) is 17.9 Å². The summed E-state index contributed by atoms with van der Waals surface area (Å²) >= 11 is 0. The van der Waals surface area contributed by atoms with Crippen molar-refractivity contribution in [3.63, 3.8) is 0 Å². The highest BCUT2D eigenvalue weighted by Gasteiger charge is 2.40. The Morgan fingerprint density at radius 1 is 1.33 bits per heavy atom. The third kappa shape index (κ3) is 3.30. The summed E-state index contributed by atoms with van der Waals surface area (Å²) in [5, 5.41) is 17.5. The molecule has 2 aliphatic rings. The van der Waals surface area contributed by atoms with Crippen molar-refractivity contribution in [1.29, 1.82) is 5.26 Å². The monoisotopic (exact) mass is 463 g/mol. The minimum atomic E-state index is -3.80. The molecule has 168 valence electrons. The highest BCUT2D eigenvalue weighted by atomic mass is 32.2. The van der Waals surface area contributed by atoms with Gasteiger partial charge in [0.05, 0.1) is 11.4 Å². The number of hydrogen-bond donors (Lipinski definition) is 2. The van der Waals surface area contributed by atoms with Gasteiger partial charge in [-0.25, -0.2) is 18.2 Å². The molecule has 0 saturated carbocycles. The van der Waals surface area contributed by atoms with Gasteiger partial charge >= 0.3 is 0 Å². The lowest BCUT2D eigenvalue weighted by atomic mass is 9.92. The Morgan fingerprint density at radius 2 is 2.12 bits per heavy atom. The quantitative estimate of drug-likeness (QED) is 0.517. The number of ether oxygens (including phenoxy) is 1. The Morgan fingerprint density at radius 3 is 2.88 bits per heavy atom. The summed E-state index contributed by atoms with van der Waals surface area (Å²) in [6.45, 7) is 3.81. The molecule has 2 aliphatic heterocycles. The zero-order chi connectivity index (χ0) is 23.5. The standard InChI is InChI=1S/C22H21N7O3S/c1-11-4-5-14-15(6-11)12(2)32-18-7-13(10-25-22(18)24)20-16(27-29(3)17(20)9-23)8-19-21(14)26-28-33(19,30)31/h4-7,10,12,19,28H,8H2,1-3H3,(H2,24,25)/t12-,19?/m1/s1. The van der Waals surface area contributed by atoms with Crippen LogP contribution in [0.3, 0.4) is 0 Å². The van der Waals surface area contributed by atoms with Crippen molar-refractivity contribution >= 4 is 21.6 Å². The third-order valence-corrected chi connectivity index (χ3v) is 7.46. The first-order valence-electron chi connectivity index (χ1n) is 10.3. The largest absolute Gasteiger partial charge is 0.482 e. The predicted octanol–water partition coefficient (Wildman–Crippen LogP) is 1.95. The van der Waals surface area contributed by atoms with E-state index in [4.69, 9.17) is 10.5 Å². The fourth-order valence-corrected chi connectivity index (χ4v) is 5.56. The average molecular weight is 464 g/mol. The highest BCUT2D eigenvalue weighted by Crippen LogP contribution is 2.37. The molecule has 5 rings (SSSR count). The van der Waals surface area contributed by atoms with Crippen molar-refractivity contribution < 1.29 is 13.2 Å². The van der Waals surface area contributed by atoms with Crippen LogP contribution in [0.4, 0.5) is 5.82 Å². The molecule has 3 N–H and O–H groups in total. The van der Waals surface area contributed by atoms with E-state index in [1.54, 1.807) is 13.1 Å². The highest BCUT2D eigenvalue weighted by molar-refractivity contribution is 7.91. The molecule has 2 atom stereocenters. The fourth-order valence-electron chi connectivity index (χ4n) is 4.36. The maximum atomic E-state index is 13.0. The molecule has 0 spiro atoms. The SMILES string of the molecule is Cc1ccc2c(c1)[C@@H](C)Oc1cc(cnc1N)-c1c(nn(C)c1C#N)CC1C2=NNS1(=O)=O. The van der Waals surface area contributed by atoms with E-state index >= 15 is 0 Å². The van der Waals surface area contributed by atoms with Gasteiger partial charge in [0.25, 0.3) is 10.0 Å². The molecule has 3 aromatic rings. The van der Waals surface area contributed by atoms with E-state index in [9.17, 15) is 13.7 Å². The second kappa shape index (κ2) is 7.31. The van der Waals surface area contributed by atoms with Crippen molar-refractivity contribution in [3.05, 3.63) is 58.5 Å². The summed E-state index contributed by atoms with van der Waals surface area (Å²) in [6, 6.07) is 9.57. The summed E-state index contributed by atoms with van der Waals surface area (Å²) in [6.07, 6.45) is 1.09. The summed E-state index contributed by atoms with van der Waals surface area (Å²) in [7, 11) is -2.16. The maximum absolute atomic E-state index is 13.0. The molecule has 2 aromatic heterocycles. The first-order chi connectivity index (χ1) is 15.7. The molecular formula is C22H21N7O3S. The van der Waals surface area contributed by atoms with Gasteiger partial charge in [0.1, 0.15) is 23.1 Å². The molecule has 10 nitrogen and oxygen atoms in total. The second-order valence-corrected chi connectivity index (χ2v) is 10.0. The number of aryl methyl sites for hydroxylation is 2. The molecular weight excluding hydrogens is 442 g/mol. The van der Waals surface area contributed by atoms with Crippen LogP contribution in [0.5, 0.6) is 5.75 Å². The number of nitrogens with two attached hydrogens (primary N) is 1. The van der Waals surface area contributed by atoms with Crippen molar-refractivity contribution in [3.8, 4) is 22.9 Å². The minimum Gasteiger partial charge on any atom is -0.482 e. The number of rotatable bonds is 0. The number of benzene rings is 1. The van der Waals surface area contributed by atoms with Crippen LogP contribution in [-0.4, -0.2) is 34.1 Å². The Bertz CT molecular complexity index is 1480. The molecule has 1 unspecified atom stereocenters. The number of fused-ring (bicyclic) bond motifs is 7. The Hall–Kier alpha value is -3.91. The Labute approximate surface area is 190 Å². The van der Waals surface area contributed by atoms with Gasteiger partial charge in [0, 0.05) is 41.9 Å². The average Bonchev–Trinajstić information content (AvgIpc) is 3.24. The van der Waals surface area contributed by atoms with Crippen LogP contribution >= 0.6 is 0 Å². The van der Waals surface area contributed by atoms with E-state index in [1.807, 2.05) is 32.0 Å². The summed E-state index contributed by atoms with van der Waals surface area (Å²) in [5.41, 5.74) is 10.7. The van der Waals surface area contributed by atoms with Crippen LogP contribution in [0.2, 0.25) is 0 Å². The van der Waals surface area contributed by atoms with Gasteiger partial charge in [-0.05, 0) is 19.9 Å². The van der Waals surface area contributed by atoms with Crippen LogP contribution in [0, 0.1) is 18.3 Å². The van der Waals surface area contributed by atoms with Gasteiger partial charge < -0.3 is 10.5 Å². The zero-order valence-corrected chi connectivity index (χ0v) is 19.0. The normalized spacial score (nSPS) is 20.5. The van der Waals surface area contributed by atoms with E-state index in [2.05, 4.69) is 26.1 Å². The molecule has 2 bridgehead atoms. The number of pyridine rings is 1. The lowest BCUT2D eigenvalue weighted by molar-refractivity contribution is 0.227. The molecule has 0 saturated heterocycles. The van der Waals surface area contributed by atoms with E-state index in [1.165, 1.54) is 10.9 Å². The fraction of sp³-hybridized carbons (Fsp3) is 0.273. The van der Waals surface area contributed by atoms with Crippen molar-refractivity contribution in [2.45, 2.75) is 31.6 Å². The molecule has 0 aliphatic carbocycles. The first-order valence-corrected chi connectivity index (χ1v) is 11.8. The number of anilines is 1. The van der Waals surface area contributed by atoms with Crippen LogP contribution in [-0.2, 0) is 23.5 Å². The van der Waals surface area contributed by atoms with Crippen LogP contribution in [0.15, 0.2) is 35.6 Å². The maximum Gasteiger partial charge on any atom is 0.256 e. The van der Waals surface area contributed by atoms with Gasteiger partial charge in [-0.2, -0.15) is 15.5 Å².